The molecule has 1 aliphatic rings. The van der Waals surface area contributed by atoms with Crippen LogP contribution in [0.5, 0.6) is 0 Å². The van der Waals surface area contributed by atoms with Crippen LogP contribution in [0.1, 0.15) is 0 Å². The summed E-state index contributed by atoms with van der Waals surface area (Å²) < 4.78 is 10.7. The Morgan fingerprint density at radius 1 is 2.00 bits per heavy atom. The maximum atomic E-state index is 10.7. The molecular weight excluding hydrogens is 92.6 g/mol. The summed E-state index contributed by atoms with van der Waals surface area (Å²) in [6.45, 7) is 2.58. The molecular formula is C2H7B2OP. The lowest BCUT2D eigenvalue weighted by molar-refractivity contribution is 0.597. The van der Waals surface area contributed by atoms with Crippen LogP contribution < -0.4 is 0 Å². The van der Waals surface area contributed by atoms with Crippen molar-refractivity contribution in [2.45, 2.75) is 6.82 Å². The highest BCUT2D eigenvalue weighted by molar-refractivity contribution is 8.22. The van der Waals surface area contributed by atoms with Crippen LogP contribution in [0.2, 0.25) is 6.82 Å². The van der Waals surface area contributed by atoms with Crippen LogP contribution >= 0.6 is 6.90 Å². The van der Waals surface area contributed by atoms with Gasteiger partial charge in [-0.1, -0.05) is 6.82 Å². The van der Waals surface area contributed by atoms with Crippen LogP contribution in [0.4, 0.5) is 0 Å². The Hall–Kier alpha value is 0.360. The highest BCUT2D eigenvalue weighted by Gasteiger charge is 2.35. The molecule has 1 heterocycles. The van der Waals surface area contributed by atoms with Gasteiger partial charge in [0.15, 0.2) is 14.0 Å². The molecule has 0 spiro atoms. The van der Waals surface area contributed by atoms with Gasteiger partial charge in [0.1, 0.15) is 0 Å². The van der Waals surface area contributed by atoms with Gasteiger partial charge in [-0.2, -0.15) is 0 Å². The van der Waals surface area contributed by atoms with Crippen LogP contribution in [0.3, 0.4) is 0 Å². The molecule has 1 nitrogen and oxygen atoms in total. The molecule has 6 heavy (non-hydrogen) atoms. The summed E-state index contributed by atoms with van der Waals surface area (Å²) in [5.74, 6) is 0. The molecule has 1 fully saturated rings. The second-order valence-electron chi connectivity index (χ2n) is 1.82. The van der Waals surface area contributed by atoms with Gasteiger partial charge in [0.2, 0.25) is 0 Å². The van der Waals surface area contributed by atoms with Gasteiger partial charge in [-0.3, -0.25) is 0 Å². The molecule has 0 aromatic carbocycles. The lowest BCUT2D eigenvalue weighted by atomic mass is 10.2. The van der Waals surface area contributed by atoms with E-state index in [4.69, 9.17) is 0 Å². The van der Waals surface area contributed by atoms with E-state index in [0.717, 1.165) is 20.1 Å². The molecule has 1 atom stereocenters. The Morgan fingerprint density at radius 2 is 2.50 bits per heavy atom. The largest absolute Gasteiger partial charge is 0.345 e. The quantitative estimate of drug-likeness (QED) is 0.336. The van der Waals surface area contributed by atoms with Gasteiger partial charge in [0, 0.05) is 6.90 Å². The summed E-state index contributed by atoms with van der Waals surface area (Å²) in [6.07, 6.45) is 0. The van der Waals surface area contributed by atoms with Crippen molar-refractivity contribution in [3.63, 3.8) is 0 Å². The van der Waals surface area contributed by atoms with Crippen molar-refractivity contribution in [1.82, 2.24) is 0 Å². The SMILES string of the molecule is CBP1(=O)BC1. The monoisotopic (exact) mass is 100 g/mol. The minimum atomic E-state index is -1.40. The first kappa shape index (κ1) is 4.52. The minimum absolute atomic E-state index is 0.938. The molecule has 4 heteroatoms. The zero-order chi connectivity index (χ0) is 4.62. The zero-order valence-electron chi connectivity index (χ0n) is 3.98. The van der Waals surface area contributed by atoms with E-state index in [1.165, 1.54) is 0 Å². The fourth-order valence-corrected chi connectivity index (χ4v) is 1.95. The van der Waals surface area contributed by atoms with E-state index in [9.17, 15) is 4.57 Å². The molecule has 0 saturated carbocycles. The second-order valence-corrected chi connectivity index (χ2v) is 5.46. The van der Waals surface area contributed by atoms with E-state index < -0.39 is 6.90 Å². The van der Waals surface area contributed by atoms with Crippen molar-refractivity contribution in [3.8, 4) is 0 Å². The first-order valence-corrected chi connectivity index (χ1v) is 4.60. The molecule has 1 rings (SSSR count). The van der Waals surface area contributed by atoms with Crippen LogP contribution in [0.25, 0.3) is 0 Å². The average Bonchev–Trinajstić information content (AvgIpc) is 2.22. The van der Waals surface area contributed by atoms with Crippen molar-refractivity contribution in [2.75, 3.05) is 6.06 Å². The van der Waals surface area contributed by atoms with Gasteiger partial charge in [-0.25, -0.2) is 0 Å². The topological polar surface area (TPSA) is 17.1 Å². The molecule has 0 bridgehead atoms. The van der Waals surface area contributed by atoms with Crippen molar-refractivity contribution in [1.29, 1.82) is 0 Å². The fraction of sp³-hybridized carbons (Fsp3) is 1.00. The Kier molecular flexibility index (Phi) is 0.876. The Balaban J connectivity index is 2.49. The van der Waals surface area contributed by atoms with Gasteiger partial charge in [0.05, 0.1) is 0 Å². The normalized spacial score (nSPS) is 40.8. The average molecular weight is 99.7 g/mol. The molecule has 0 radical (unpaired) electrons. The van der Waals surface area contributed by atoms with E-state index in [0.29, 0.717) is 0 Å². The van der Waals surface area contributed by atoms with E-state index in [-0.39, 0.29) is 0 Å². The smallest absolute Gasteiger partial charge is 0.194 e. The molecule has 0 N–H and O–H groups in total. The Labute approximate surface area is 39.3 Å². The zero-order valence-corrected chi connectivity index (χ0v) is 4.87. The first-order chi connectivity index (χ1) is 2.77. The summed E-state index contributed by atoms with van der Waals surface area (Å²) in [5, 5.41) is 0. The summed E-state index contributed by atoms with van der Waals surface area (Å²) >= 11 is 0. The molecule has 0 aliphatic carbocycles. The number of hydrogen-bond donors (Lipinski definition) is 0. The summed E-state index contributed by atoms with van der Waals surface area (Å²) in [4.78, 5) is 0. The highest BCUT2D eigenvalue weighted by Crippen LogP contribution is 2.54. The minimum Gasteiger partial charge on any atom is -0.345 e. The Bertz CT molecular complexity index is 93.7. The molecule has 0 amide bonds. The first-order valence-electron chi connectivity index (χ1n) is 2.34. The van der Waals surface area contributed by atoms with Gasteiger partial charge >= 0.3 is 0 Å². The molecule has 0 aromatic heterocycles. The van der Waals surface area contributed by atoms with Crippen LogP contribution in [0, 0.1) is 0 Å². The maximum Gasteiger partial charge on any atom is 0.194 e. The van der Waals surface area contributed by atoms with Crippen LogP contribution in [-0.2, 0) is 4.57 Å². The number of rotatable bonds is 1. The molecule has 1 unspecified atom stereocenters. The number of hydrogen-bond acceptors (Lipinski definition) is 1. The van der Waals surface area contributed by atoms with Crippen molar-refractivity contribution in [2.24, 2.45) is 0 Å². The standard InChI is InChI=1S/C2H7B2OP/c1-3-6(5)2-4-6/h3-4H,2H2,1H3. The summed E-state index contributed by atoms with van der Waals surface area (Å²) in [7, 11) is 0. The van der Waals surface area contributed by atoms with Gasteiger partial charge in [-0.05, 0) is 6.06 Å². The third-order valence-corrected chi connectivity index (χ3v) is 3.90. The Morgan fingerprint density at radius 3 is 2.50 bits per heavy atom. The third-order valence-electron chi connectivity index (χ3n) is 1.30. The second kappa shape index (κ2) is 1.16. The van der Waals surface area contributed by atoms with Crippen molar-refractivity contribution < 1.29 is 4.57 Å². The predicted molar refractivity (Wildman–Crippen MR) is 32.6 cm³/mol. The summed E-state index contributed by atoms with van der Waals surface area (Å²) in [6, 6.07) is 1.03. The highest BCUT2D eigenvalue weighted by atomic mass is 31.2. The van der Waals surface area contributed by atoms with E-state index in [1.807, 2.05) is 6.82 Å². The molecule has 0 aromatic rings. The van der Waals surface area contributed by atoms with E-state index in [2.05, 4.69) is 0 Å². The lowest BCUT2D eigenvalue weighted by Crippen LogP contribution is -1.66. The lowest BCUT2D eigenvalue weighted by Gasteiger charge is -1.77. The predicted octanol–water partition coefficient (Wildman–Crippen LogP) is 0.0717. The molecule has 1 aliphatic heterocycles. The fourth-order valence-electron chi connectivity index (χ4n) is 0.428. The van der Waals surface area contributed by atoms with Gasteiger partial charge in [0.25, 0.3) is 0 Å². The maximum absolute atomic E-state index is 10.7. The summed E-state index contributed by atoms with van der Waals surface area (Å²) in [5.41, 5.74) is 0. The molecule has 1 saturated heterocycles. The van der Waals surface area contributed by atoms with Gasteiger partial charge < -0.3 is 4.57 Å². The van der Waals surface area contributed by atoms with E-state index in [1.54, 1.807) is 0 Å². The van der Waals surface area contributed by atoms with Crippen LogP contribution in [0.15, 0.2) is 0 Å². The van der Waals surface area contributed by atoms with Crippen molar-refractivity contribution in [3.05, 3.63) is 0 Å². The van der Waals surface area contributed by atoms with Crippen LogP contribution in [-0.4, -0.2) is 20.1 Å². The van der Waals surface area contributed by atoms with Crippen molar-refractivity contribution >= 4 is 20.9 Å². The molecule has 32 valence electrons. The van der Waals surface area contributed by atoms with Gasteiger partial charge in [-0.15, -0.1) is 0 Å². The van der Waals surface area contributed by atoms with E-state index >= 15 is 0 Å². The third kappa shape index (κ3) is 0.704.